The first kappa shape index (κ1) is 15.3. The average molecular weight is 349 g/mol. The third-order valence-corrected chi connectivity index (χ3v) is 6.79. The number of rotatable bonds is 0. The first-order valence-electron chi connectivity index (χ1n) is 9.87. The van der Waals surface area contributed by atoms with E-state index in [1.807, 2.05) is 0 Å². The summed E-state index contributed by atoms with van der Waals surface area (Å²) in [7, 11) is 0. The van der Waals surface area contributed by atoms with Crippen LogP contribution < -0.4 is 4.90 Å². The highest BCUT2D eigenvalue weighted by molar-refractivity contribution is 5.87. The van der Waals surface area contributed by atoms with Gasteiger partial charge in [0, 0.05) is 17.6 Å². The number of nitrogens with zero attached hydrogens (tertiary/aromatic N) is 1. The maximum Gasteiger partial charge on any atom is 0.0737 e. The van der Waals surface area contributed by atoms with E-state index in [0.29, 0.717) is 6.04 Å². The minimum absolute atomic E-state index is 0.0563. The number of hydrogen-bond donors (Lipinski definition) is 0. The summed E-state index contributed by atoms with van der Waals surface area (Å²) >= 11 is 0. The lowest BCUT2D eigenvalue weighted by atomic mass is 9.81. The van der Waals surface area contributed by atoms with E-state index in [1.165, 1.54) is 50.2 Å². The van der Waals surface area contributed by atoms with Gasteiger partial charge < -0.3 is 4.90 Å². The molecule has 6 rings (SSSR count). The highest BCUT2D eigenvalue weighted by atomic mass is 15.2. The van der Waals surface area contributed by atoms with Crippen molar-refractivity contribution in [3.63, 3.8) is 0 Å². The molecule has 2 aliphatic heterocycles. The van der Waals surface area contributed by atoms with Crippen LogP contribution in [-0.4, -0.2) is 0 Å². The van der Waals surface area contributed by atoms with E-state index in [2.05, 4.69) is 92.4 Å². The molecule has 0 saturated carbocycles. The van der Waals surface area contributed by atoms with Crippen LogP contribution in [-0.2, 0) is 12.0 Å². The second kappa shape index (κ2) is 4.92. The topological polar surface area (TPSA) is 3.24 Å². The Labute approximate surface area is 161 Å². The van der Waals surface area contributed by atoms with Gasteiger partial charge in [-0.1, -0.05) is 74.0 Å². The van der Waals surface area contributed by atoms with Crippen molar-refractivity contribution in [3.8, 4) is 11.1 Å². The maximum atomic E-state index is 2.58. The first-order chi connectivity index (χ1) is 13.0. The summed E-state index contributed by atoms with van der Waals surface area (Å²) in [6, 6.07) is 21.1. The van der Waals surface area contributed by atoms with E-state index in [0.717, 1.165) is 6.54 Å². The fourth-order valence-corrected chi connectivity index (χ4v) is 5.38. The fraction of sp³-hybridized carbons (Fsp3) is 0.231. The molecule has 1 nitrogen and oxygen atoms in total. The molecule has 0 N–H and O–H groups in total. The lowest BCUT2D eigenvalue weighted by molar-refractivity contribution is 0.659. The Morgan fingerprint density at radius 3 is 2.67 bits per heavy atom. The molecule has 1 unspecified atom stereocenters. The van der Waals surface area contributed by atoms with Crippen LogP contribution in [0.4, 0.5) is 5.69 Å². The van der Waals surface area contributed by atoms with Gasteiger partial charge in [0.05, 0.1) is 6.04 Å². The van der Waals surface area contributed by atoms with Crippen molar-refractivity contribution in [1.29, 1.82) is 0 Å². The number of fused-ring (bicyclic) bond motifs is 8. The molecule has 0 amide bonds. The Hall–Kier alpha value is -2.80. The SMILES string of the molecule is Cc1ccc2c(c1)CN1c3cc4c(cc3C=CC21)-c1ccccc1C4(C)C. The van der Waals surface area contributed by atoms with Crippen molar-refractivity contribution < 1.29 is 0 Å². The van der Waals surface area contributed by atoms with Crippen LogP contribution in [0.15, 0.2) is 60.7 Å². The third kappa shape index (κ3) is 1.89. The van der Waals surface area contributed by atoms with Crippen molar-refractivity contribution in [2.24, 2.45) is 0 Å². The van der Waals surface area contributed by atoms with E-state index >= 15 is 0 Å². The molecular weight excluding hydrogens is 326 g/mol. The number of hydrogen-bond acceptors (Lipinski definition) is 1. The zero-order valence-electron chi connectivity index (χ0n) is 16.1. The third-order valence-electron chi connectivity index (χ3n) is 6.79. The lowest BCUT2D eigenvalue weighted by Crippen LogP contribution is -2.24. The molecule has 1 heteroatoms. The van der Waals surface area contributed by atoms with Gasteiger partial charge in [-0.3, -0.25) is 0 Å². The van der Waals surface area contributed by atoms with Gasteiger partial charge in [0.2, 0.25) is 0 Å². The van der Waals surface area contributed by atoms with Gasteiger partial charge in [-0.05, 0) is 58.0 Å². The molecule has 0 saturated heterocycles. The van der Waals surface area contributed by atoms with Gasteiger partial charge in [0.25, 0.3) is 0 Å². The van der Waals surface area contributed by atoms with Crippen molar-refractivity contribution >= 4 is 11.8 Å². The molecule has 0 aromatic heterocycles. The van der Waals surface area contributed by atoms with E-state index in [9.17, 15) is 0 Å². The zero-order valence-corrected chi connectivity index (χ0v) is 16.1. The van der Waals surface area contributed by atoms with Crippen molar-refractivity contribution in [3.05, 3.63) is 94.1 Å². The van der Waals surface area contributed by atoms with Crippen LogP contribution in [0.3, 0.4) is 0 Å². The molecule has 1 aliphatic carbocycles. The highest BCUT2D eigenvalue weighted by Gasteiger charge is 2.38. The summed E-state index contributed by atoms with van der Waals surface area (Å²) in [6.07, 6.45) is 4.71. The van der Waals surface area contributed by atoms with E-state index < -0.39 is 0 Å². The molecule has 27 heavy (non-hydrogen) atoms. The number of aryl methyl sites for hydroxylation is 1. The van der Waals surface area contributed by atoms with Gasteiger partial charge in [-0.15, -0.1) is 0 Å². The minimum atomic E-state index is 0.0563. The van der Waals surface area contributed by atoms with E-state index in [4.69, 9.17) is 0 Å². The molecule has 0 spiro atoms. The maximum absolute atomic E-state index is 2.58. The standard InChI is InChI=1S/C26H23N/c1-16-8-10-19-18(12-16)15-27-24(19)11-9-17-13-21-20-6-4-5-7-22(20)26(2,3)23(21)14-25(17)27/h4-14,24H,15H2,1-3H3. The Balaban J connectivity index is 1.54. The molecular formula is C26H23N. The second-order valence-electron chi connectivity index (χ2n) is 8.76. The zero-order chi connectivity index (χ0) is 18.3. The summed E-state index contributed by atoms with van der Waals surface area (Å²) in [6.45, 7) is 7.92. The number of anilines is 1. The smallest absolute Gasteiger partial charge is 0.0737 e. The van der Waals surface area contributed by atoms with Gasteiger partial charge in [-0.2, -0.15) is 0 Å². The van der Waals surface area contributed by atoms with Crippen molar-refractivity contribution in [2.75, 3.05) is 4.90 Å². The van der Waals surface area contributed by atoms with Gasteiger partial charge >= 0.3 is 0 Å². The van der Waals surface area contributed by atoms with E-state index in [-0.39, 0.29) is 5.41 Å². The normalized spacial score (nSPS) is 20.0. The predicted molar refractivity (Wildman–Crippen MR) is 113 cm³/mol. The summed E-state index contributed by atoms with van der Waals surface area (Å²) in [5.41, 5.74) is 12.8. The molecule has 3 aliphatic rings. The molecule has 0 fully saturated rings. The van der Waals surface area contributed by atoms with Crippen LogP contribution in [0.25, 0.3) is 17.2 Å². The van der Waals surface area contributed by atoms with Crippen LogP contribution in [0.2, 0.25) is 0 Å². The lowest BCUT2D eigenvalue weighted by Gasteiger charge is -2.32. The Bertz CT molecular complexity index is 1150. The molecule has 2 heterocycles. The Morgan fingerprint density at radius 2 is 1.78 bits per heavy atom. The van der Waals surface area contributed by atoms with Crippen LogP contribution in [0.5, 0.6) is 0 Å². The molecule has 3 aromatic rings. The molecule has 0 bridgehead atoms. The van der Waals surface area contributed by atoms with Crippen LogP contribution in [0, 0.1) is 6.92 Å². The Morgan fingerprint density at radius 1 is 0.926 bits per heavy atom. The summed E-state index contributed by atoms with van der Waals surface area (Å²) in [5.74, 6) is 0. The highest BCUT2D eigenvalue weighted by Crippen LogP contribution is 2.53. The van der Waals surface area contributed by atoms with Gasteiger partial charge in [0.1, 0.15) is 0 Å². The summed E-state index contributed by atoms with van der Waals surface area (Å²) < 4.78 is 0. The average Bonchev–Trinajstić information content (AvgIpc) is 3.14. The monoisotopic (exact) mass is 349 g/mol. The summed E-state index contributed by atoms with van der Waals surface area (Å²) in [5, 5.41) is 0. The first-order valence-corrected chi connectivity index (χ1v) is 9.87. The van der Waals surface area contributed by atoms with E-state index in [1.54, 1.807) is 0 Å². The second-order valence-corrected chi connectivity index (χ2v) is 8.76. The van der Waals surface area contributed by atoms with Gasteiger partial charge in [-0.25, -0.2) is 0 Å². The minimum Gasteiger partial charge on any atom is -0.356 e. The molecule has 132 valence electrons. The fourth-order valence-electron chi connectivity index (χ4n) is 5.38. The van der Waals surface area contributed by atoms with Crippen molar-refractivity contribution in [2.45, 2.75) is 38.8 Å². The van der Waals surface area contributed by atoms with Gasteiger partial charge in [0.15, 0.2) is 0 Å². The quantitative estimate of drug-likeness (QED) is 0.454. The van der Waals surface area contributed by atoms with Crippen molar-refractivity contribution in [1.82, 2.24) is 0 Å². The largest absolute Gasteiger partial charge is 0.356 e. The predicted octanol–water partition coefficient (Wildman–Crippen LogP) is 6.39. The van der Waals surface area contributed by atoms with Crippen LogP contribution >= 0.6 is 0 Å². The molecule has 0 radical (unpaired) electrons. The summed E-state index contributed by atoms with van der Waals surface area (Å²) in [4.78, 5) is 2.58. The van der Waals surface area contributed by atoms with Crippen LogP contribution in [0.1, 0.15) is 53.3 Å². The molecule has 3 aromatic carbocycles. The number of benzene rings is 3. The Kier molecular flexibility index (Phi) is 2.78. The molecule has 1 atom stereocenters.